The molecule has 10 heteroatoms. The number of thioether (sulfide) groups is 1. The van der Waals surface area contributed by atoms with Crippen LogP contribution in [-0.2, 0) is 4.74 Å². The Labute approximate surface area is 137 Å². The number of hydrogen-bond acceptors (Lipinski definition) is 9. The predicted octanol–water partition coefficient (Wildman–Crippen LogP) is 0.111. The van der Waals surface area contributed by atoms with Crippen molar-refractivity contribution in [3.05, 3.63) is 12.7 Å². The van der Waals surface area contributed by atoms with E-state index in [9.17, 15) is 10.3 Å². The van der Waals surface area contributed by atoms with Gasteiger partial charge in [0.15, 0.2) is 11.5 Å². The van der Waals surface area contributed by atoms with E-state index in [0.717, 1.165) is 5.75 Å². The lowest BCUT2D eigenvalue weighted by molar-refractivity contribution is -0.132. The van der Waals surface area contributed by atoms with E-state index in [1.807, 2.05) is 6.26 Å². The molecule has 0 bridgehead atoms. The number of fused-ring (bicyclic) bond motifs is 1. The Kier molecular flexibility index (Phi) is 4.97. The van der Waals surface area contributed by atoms with Crippen molar-refractivity contribution in [3.63, 3.8) is 0 Å². The van der Waals surface area contributed by atoms with Crippen molar-refractivity contribution in [3.8, 4) is 0 Å². The maximum Gasteiger partial charge on any atom is 0.167 e. The summed E-state index contributed by atoms with van der Waals surface area (Å²) in [6, 6.07) is 0. The molecule has 2 aromatic heterocycles. The molecule has 3 rings (SSSR count). The molecule has 4 N–H and O–H groups in total. The fraction of sp³-hybridized carbons (Fsp3) is 0.615. The monoisotopic (exact) mass is 340 g/mol. The summed E-state index contributed by atoms with van der Waals surface area (Å²) in [5.41, 5.74) is 6.86. The van der Waals surface area contributed by atoms with Crippen molar-refractivity contribution in [1.82, 2.24) is 24.6 Å². The number of hydroxylamine groups is 2. The van der Waals surface area contributed by atoms with Gasteiger partial charge in [-0.25, -0.2) is 15.0 Å². The van der Waals surface area contributed by atoms with Crippen LogP contribution in [0.1, 0.15) is 12.6 Å². The highest BCUT2D eigenvalue weighted by molar-refractivity contribution is 7.98. The van der Waals surface area contributed by atoms with Crippen LogP contribution in [0.5, 0.6) is 0 Å². The summed E-state index contributed by atoms with van der Waals surface area (Å²) in [4.78, 5) is 12.3. The zero-order valence-electron chi connectivity index (χ0n) is 12.7. The molecule has 1 aliphatic heterocycles. The Hall–Kier alpha value is -1.46. The van der Waals surface area contributed by atoms with Crippen LogP contribution in [0.25, 0.3) is 11.2 Å². The summed E-state index contributed by atoms with van der Waals surface area (Å²) < 4.78 is 7.62. The van der Waals surface area contributed by atoms with E-state index in [0.29, 0.717) is 29.9 Å². The topological polar surface area (TPSA) is 123 Å². The normalized spacial score (nSPS) is 24.8. The smallest absolute Gasteiger partial charge is 0.167 e. The Morgan fingerprint density at radius 3 is 3.09 bits per heavy atom. The van der Waals surface area contributed by atoms with Gasteiger partial charge in [-0.05, 0) is 6.26 Å². The number of aliphatic hydroxyl groups is 1. The Morgan fingerprint density at radius 1 is 1.48 bits per heavy atom. The SMILES string of the molecule is CSCCN(O)C[C@H]1O[C@@H](n2cnc3c(N)ncnc32)C[C@@H]1O. The maximum absolute atomic E-state index is 10.2. The number of imidazole rings is 1. The molecule has 3 heterocycles. The number of nitrogens with two attached hydrogens (primary N) is 1. The highest BCUT2D eigenvalue weighted by atomic mass is 32.2. The molecule has 1 aliphatic rings. The van der Waals surface area contributed by atoms with Gasteiger partial charge < -0.3 is 20.8 Å². The number of nitrogen functional groups attached to an aromatic ring is 1. The van der Waals surface area contributed by atoms with Crippen LogP contribution in [-0.4, -0.2) is 72.2 Å². The van der Waals surface area contributed by atoms with E-state index in [4.69, 9.17) is 10.5 Å². The molecule has 0 aromatic carbocycles. The van der Waals surface area contributed by atoms with Gasteiger partial charge in [0.1, 0.15) is 24.2 Å². The second kappa shape index (κ2) is 6.97. The van der Waals surface area contributed by atoms with Gasteiger partial charge >= 0.3 is 0 Å². The van der Waals surface area contributed by atoms with Gasteiger partial charge in [-0.3, -0.25) is 4.57 Å². The lowest BCUT2D eigenvalue weighted by atomic mass is 10.2. The van der Waals surface area contributed by atoms with E-state index in [2.05, 4.69) is 15.0 Å². The van der Waals surface area contributed by atoms with Gasteiger partial charge in [0.05, 0.1) is 19.0 Å². The fourth-order valence-electron chi connectivity index (χ4n) is 2.63. The van der Waals surface area contributed by atoms with Gasteiger partial charge in [0.25, 0.3) is 0 Å². The molecule has 126 valence electrons. The number of nitrogens with zero attached hydrogens (tertiary/aromatic N) is 5. The second-order valence-electron chi connectivity index (χ2n) is 5.42. The molecule has 0 unspecified atom stereocenters. The molecule has 3 atom stereocenters. The van der Waals surface area contributed by atoms with Crippen molar-refractivity contribution in [2.75, 3.05) is 30.8 Å². The fourth-order valence-corrected chi connectivity index (χ4v) is 3.02. The van der Waals surface area contributed by atoms with Crippen LogP contribution < -0.4 is 5.73 Å². The standard InChI is InChI=1S/C13H20N6O3S/c1-23-3-2-18(21)5-9-8(20)4-10(22-9)19-7-17-11-12(14)15-6-16-13(11)19/h6-10,20-21H,2-5H2,1H3,(H2,14,15,16)/t8-,9+,10+/m0/s1. The molecule has 0 aliphatic carbocycles. The lowest BCUT2D eigenvalue weighted by Crippen LogP contribution is -2.36. The zero-order chi connectivity index (χ0) is 16.4. The summed E-state index contributed by atoms with van der Waals surface area (Å²) in [5, 5.41) is 21.2. The van der Waals surface area contributed by atoms with E-state index < -0.39 is 18.4 Å². The molecular weight excluding hydrogens is 320 g/mol. The third-order valence-electron chi connectivity index (χ3n) is 3.85. The Morgan fingerprint density at radius 2 is 2.30 bits per heavy atom. The van der Waals surface area contributed by atoms with Crippen LogP contribution in [0, 0.1) is 0 Å². The van der Waals surface area contributed by atoms with E-state index in [1.54, 1.807) is 22.7 Å². The first-order valence-corrected chi connectivity index (χ1v) is 8.69. The number of rotatable bonds is 6. The molecule has 0 radical (unpaired) electrons. The number of aliphatic hydroxyl groups excluding tert-OH is 1. The minimum Gasteiger partial charge on any atom is -0.390 e. The minimum atomic E-state index is -0.666. The van der Waals surface area contributed by atoms with Crippen LogP contribution in [0.4, 0.5) is 5.82 Å². The molecule has 9 nitrogen and oxygen atoms in total. The Balaban J connectivity index is 1.71. The summed E-state index contributed by atoms with van der Waals surface area (Å²) >= 11 is 1.65. The first kappa shape index (κ1) is 16.4. The average molecular weight is 340 g/mol. The summed E-state index contributed by atoms with van der Waals surface area (Å²) in [7, 11) is 0. The van der Waals surface area contributed by atoms with Crippen LogP contribution in [0.15, 0.2) is 12.7 Å². The molecular formula is C13H20N6O3S. The highest BCUT2D eigenvalue weighted by Crippen LogP contribution is 2.31. The molecule has 0 amide bonds. The lowest BCUT2D eigenvalue weighted by Gasteiger charge is -2.21. The van der Waals surface area contributed by atoms with Gasteiger partial charge in [-0.15, -0.1) is 0 Å². The molecule has 1 saturated heterocycles. The first-order chi connectivity index (χ1) is 11.1. The molecule has 23 heavy (non-hydrogen) atoms. The summed E-state index contributed by atoms with van der Waals surface area (Å²) in [6.45, 7) is 0.776. The van der Waals surface area contributed by atoms with E-state index >= 15 is 0 Å². The zero-order valence-corrected chi connectivity index (χ0v) is 13.6. The van der Waals surface area contributed by atoms with Crippen molar-refractivity contribution in [2.24, 2.45) is 0 Å². The van der Waals surface area contributed by atoms with Gasteiger partial charge in [0, 0.05) is 18.7 Å². The van der Waals surface area contributed by atoms with Crippen LogP contribution in [0.3, 0.4) is 0 Å². The number of ether oxygens (including phenoxy) is 1. The highest BCUT2D eigenvalue weighted by Gasteiger charge is 2.36. The maximum atomic E-state index is 10.2. The molecule has 0 saturated carbocycles. The number of hydrogen-bond donors (Lipinski definition) is 3. The predicted molar refractivity (Wildman–Crippen MR) is 86.0 cm³/mol. The van der Waals surface area contributed by atoms with Gasteiger partial charge in [-0.2, -0.15) is 16.8 Å². The number of anilines is 1. The van der Waals surface area contributed by atoms with Crippen molar-refractivity contribution >= 4 is 28.7 Å². The van der Waals surface area contributed by atoms with Crippen LogP contribution in [0.2, 0.25) is 0 Å². The van der Waals surface area contributed by atoms with E-state index in [-0.39, 0.29) is 6.54 Å². The largest absolute Gasteiger partial charge is 0.390 e. The average Bonchev–Trinajstić information content (AvgIpc) is 3.10. The van der Waals surface area contributed by atoms with Gasteiger partial charge in [0.2, 0.25) is 0 Å². The quantitative estimate of drug-likeness (QED) is 0.629. The van der Waals surface area contributed by atoms with Crippen molar-refractivity contribution in [2.45, 2.75) is 24.9 Å². The summed E-state index contributed by atoms with van der Waals surface area (Å²) in [5.74, 6) is 1.12. The Bertz CT molecular complexity index is 668. The van der Waals surface area contributed by atoms with Crippen LogP contribution >= 0.6 is 11.8 Å². The molecule has 2 aromatic rings. The minimum absolute atomic E-state index is 0.252. The van der Waals surface area contributed by atoms with Gasteiger partial charge in [-0.1, -0.05) is 0 Å². The van der Waals surface area contributed by atoms with E-state index in [1.165, 1.54) is 11.4 Å². The third-order valence-corrected chi connectivity index (χ3v) is 4.44. The van der Waals surface area contributed by atoms with Crippen molar-refractivity contribution in [1.29, 1.82) is 0 Å². The van der Waals surface area contributed by atoms with Crippen molar-refractivity contribution < 1.29 is 15.1 Å². The molecule has 1 fully saturated rings. The third kappa shape index (κ3) is 3.40. The number of aromatic nitrogens is 4. The second-order valence-corrected chi connectivity index (χ2v) is 6.41. The first-order valence-electron chi connectivity index (χ1n) is 7.29. The molecule has 0 spiro atoms. The summed E-state index contributed by atoms with van der Waals surface area (Å²) in [6.07, 6.45) is 3.79.